The number of anilines is 2. The van der Waals surface area contributed by atoms with E-state index in [0.29, 0.717) is 34.0 Å². The van der Waals surface area contributed by atoms with E-state index in [0.717, 1.165) is 25.7 Å². The van der Waals surface area contributed by atoms with Crippen molar-refractivity contribution in [3.63, 3.8) is 0 Å². The lowest BCUT2D eigenvalue weighted by atomic mass is 10.2. The predicted octanol–water partition coefficient (Wildman–Crippen LogP) is 4.51. The van der Waals surface area contributed by atoms with E-state index >= 15 is 0 Å². The van der Waals surface area contributed by atoms with Gasteiger partial charge in [-0.1, -0.05) is 31.0 Å². The Morgan fingerprint density at radius 3 is 2.21 bits per heavy atom. The van der Waals surface area contributed by atoms with Crippen LogP contribution in [0, 0.1) is 0 Å². The van der Waals surface area contributed by atoms with Crippen molar-refractivity contribution in [3.05, 3.63) is 65.1 Å². The van der Waals surface area contributed by atoms with Gasteiger partial charge in [-0.3, -0.25) is 9.36 Å². The van der Waals surface area contributed by atoms with Crippen molar-refractivity contribution in [3.8, 4) is 17.2 Å². The van der Waals surface area contributed by atoms with Crippen LogP contribution < -0.4 is 25.1 Å². The number of benzene rings is 2. The van der Waals surface area contributed by atoms with E-state index < -0.39 is 15.4 Å². The molecule has 0 aliphatic heterocycles. The molecule has 0 amide bonds. The molecular weight excluding hydrogens is 508 g/mol. The van der Waals surface area contributed by atoms with Crippen molar-refractivity contribution < 1.29 is 22.6 Å². The standard InChI is InChI=1S/C27H28N4O6S/c1-35-21-14-18(15-22(36-2)24(21)37-3)29-27-28-16-17-13-23(38(33,34)20-11-5-4-6-12-20)26(32)31(25(17)30-27)19-9-7-8-10-19/h4-6,11-16,19H,7-10H2,1-3H3,(H,28,29,30). The summed E-state index contributed by atoms with van der Waals surface area (Å²) in [5.41, 5.74) is 0.376. The number of nitrogens with zero attached hydrogens (tertiary/aromatic N) is 3. The molecule has 198 valence electrons. The second-order valence-electron chi connectivity index (χ2n) is 8.95. The normalized spacial score (nSPS) is 14.0. The van der Waals surface area contributed by atoms with Gasteiger partial charge < -0.3 is 19.5 Å². The Kier molecular flexibility index (Phi) is 6.94. The summed E-state index contributed by atoms with van der Waals surface area (Å²) in [5, 5.41) is 3.59. The minimum absolute atomic E-state index is 0.0658. The highest BCUT2D eigenvalue weighted by molar-refractivity contribution is 7.91. The molecule has 0 unspecified atom stereocenters. The Hall–Kier alpha value is -4.12. The third kappa shape index (κ3) is 4.53. The van der Waals surface area contributed by atoms with Gasteiger partial charge >= 0.3 is 0 Å². The molecule has 0 spiro atoms. The molecule has 1 aliphatic carbocycles. The molecule has 2 heterocycles. The molecule has 4 aromatic rings. The Labute approximate surface area is 220 Å². The zero-order chi connectivity index (χ0) is 26.9. The first kappa shape index (κ1) is 25.5. The van der Waals surface area contributed by atoms with E-state index in [1.807, 2.05) is 0 Å². The van der Waals surface area contributed by atoms with Crippen molar-refractivity contribution in [2.75, 3.05) is 26.6 Å². The van der Waals surface area contributed by atoms with Crippen LogP contribution in [0.5, 0.6) is 17.2 Å². The van der Waals surface area contributed by atoms with Crippen LogP contribution in [0.15, 0.2) is 69.3 Å². The number of rotatable bonds is 8. The van der Waals surface area contributed by atoms with Crippen LogP contribution in [0.2, 0.25) is 0 Å². The molecule has 1 saturated carbocycles. The lowest BCUT2D eigenvalue weighted by molar-refractivity contribution is 0.324. The molecule has 0 saturated heterocycles. The minimum atomic E-state index is -4.04. The molecule has 0 atom stereocenters. The second kappa shape index (κ2) is 10.3. The van der Waals surface area contributed by atoms with Crippen LogP contribution in [-0.2, 0) is 9.84 Å². The van der Waals surface area contributed by atoms with Gasteiger partial charge in [0.15, 0.2) is 11.5 Å². The molecular formula is C27H28N4O6S. The molecule has 0 bridgehead atoms. The lowest BCUT2D eigenvalue weighted by Crippen LogP contribution is -2.29. The van der Waals surface area contributed by atoms with Crippen molar-refractivity contribution in [2.45, 2.75) is 41.5 Å². The Balaban J connectivity index is 1.65. The molecule has 5 rings (SSSR count). The molecule has 1 aliphatic rings. The summed E-state index contributed by atoms with van der Waals surface area (Å²) in [6, 6.07) is 12.6. The van der Waals surface area contributed by atoms with Gasteiger partial charge in [-0.05, 0) is 31.0 Å². The fraction of sp³-hybridized carbons (Fsp3) is 0.296. The Morgan fingerprint density at radius 1 is 0.947 bits per heavy atom. The molecule has 1 N–H and O–H groups in total. The molecule has 2 aromatic heterocycles. The third-order valence-corrected chi connectivity index (χ3v) is 8.46. The number of aromatic nitrogens is 3. The van der Waals surface area contributed by atoms with Gasteiger partial charge in [0.25, 0.3) is 5.56 Å². The lowest BCUT2D eigenvalue weighted by Gasteiger charge is -2.19. The number of ether oxygens (including phenoxy) is 3. The Morgan fingerprint density at radius 2 is 1.61 bits per heavy atom. The van der Waals surface area contributed by atoms with Crippen molar-refractivity contribution >= 4 is 32.5 Å². The van der Waals surface area contributed by atoms with E-state index in [-0.39, 0.29) is 21.8 Å². The van der Waals surface area contributed by atoms with Gasteiger partial charge in [0, 0.05) is 35.4 Å². The molecule has 11 heteroatoms. The number of hydrogen-bond donors (Lipinski definition) is 1. The van der Waals surface area contributed by atoms with Crippen LogP contribution in [0.25, 0.3) is 11.0 Å². The van der Waals surface area contributed by atoms with Crippen LogP contribution in [-0.4, -0.2) is 44.3 Å². The van der Waals surface area contributed by atoms with Gasteiger partial charge in [-0.25, -0.2) is 13.4 Å². The zero-order valence-corrected chi connectivity index (χ0v) is 22.1. The largest absolute Gasteiger partial charge is 0.493 e. The number of methoxy groups -OCH3 is 3. The van der Waals surface area contributed by atoms with Gasteiger partial charge in [0.05, 0.1) is 26.2 Å². The summed E-state index contributed by atoms with van der Waals surface area (Å²) >= 11 is 0. The summed E-state index contributed by atoms with van der Waals surface area (Å²) in [6.45, 7) is 0. The number of sulfone groups is 1. The first-order valence-electron chi connectivity index (χ1n) is 12.2. The average Bonchev–Trinajstić information content (AvgIpc) is 3.47. The van der Waals surface area contributed by atoms with E-state index in [1.54, 1.807) is 30.3 Å². The smallest absolute Gasteiger partial charge is 0.271 e. The summed E-state index contributed by atoms with van der Waals surface area (Å²) in [4.78, 5) is 22.6. The zero-order valence-electron chi connectivity index (χ0n) is 21.3. The number of hydrogen-bond acceptors (Lipinski definition) is 9. The maximum absolute atomic E-state index is 13.8. The van der Waals surface area contributed by atoms with Gasteiger partial charge in [-0.15, -0.1) is 0 Å². The van der Waals surface area contributed by atoms with Crippen molar-refractivity contribution in [1.82, 2.24) is 14.5 Å². The van der Waals surface area contributed by atoms with Crippen LogP contribution in [0.1, 0.15) is 31.7 Å². The molecule has 0 radical (unpaired) electrons. The van der Waals surface area contributed by atoms with Crippen LogP contribution in [0.3, 0.4) is 0 Å². The molecule has 1 fully saturated rings. The summed E-state index contributed by atoms with van der Waals surface area (Å²) in [6.07, 6.45) is 4.97. The predicted molar refractivity (Wildman–Crippen MR) is 143 cm³/mol. The van der Waals surface area contributed by atoms with Gasteiger partial charge in [0.1, 0.15) is 10.5 Å². The van der Waals surface area contributed by atoms with Gasteiger partial charge in [0.2, 0.25) is 21.5 Å². The fourth-order valence-electron chi connectivity index (χ4n) is 4.86. The average molecular weight is 537 g/mol. The highest BCUT2D eigenvalue weighted by Gasteiger charge is 2.28. The first-order chi connectivity index (χ1) is 18.4. The number of pyridine rings is 1. The summed E-state index contributed by atoms with van der Waals surface area (Å²) in [7, 11) is 0.530. The highest BCUT2D eigenvalue weighted by Crippen LogP contribution is 2.40. The number of fused-ring (bicyclic) bond motifs is 1. The SMILES string of the molecule is COc1cc(Nc2ncc3cc(S(=O)(=O)c4ccccc4)c(=O)n(C4CCCC4)c3n2)cc(OC)c1OC. The molecule has 10 nitrogen and oxygen atoms in total. The van der Waals surface area contributed by atoms with E-state index in [4.69, 9.17) is 14.2 Å². The second-order valence-corrected chi connectivity index (χ2v) is 10.9. The summed E-state index contributed by atoms with van der Waals surface area (Å²) in [5.74, 6) is 1.58. The third-order valence-electron chi connectivity index (χ3n) is 6.69. The van der Waals surface area contributed by atoms with Crippen molar-refractivity contribution in [2.24, 2.45) is 0 Å². The first-order valence-corrected chi connectivity index (χ1v) is 13.6. The Bertz CT molecular complexity index is 1620. The van der Waals surface area contributed by atoms with E-state index in [2.05, 4.69) is 15.3 Å². The van der Waals surface area contributed by atoms with Crippen LogP contribution >= 0.6 is 0 Å². The minimum Gasteiger partial charge on any atom is -0.493 e. The van der Waals surface area contributed by atoms with Crippen molar-refractivity contribution in [1.29, 1.82) is 0 Å². The van der Waals surface area contributed by atoms with Gasteiger partial charge in [-0.2, -0.15) is 4.98 Å². The van der Waals surface area contributed by atoms with E-state index in [9.17, 15) is 13.2 Å². The monoisotopic (exact) mass is 536 g/mol. The summed E-state index contributed by atoms with van der Waals surface area (Å²) < 4.78 is 44.6. The van der Waals surface area contributed by atoms with E-state index in [1.165, 1.54) is 50.3 Å². The quantitative estimate of drug-likeness (QED) is 0.347. The fourth-order valence-corrected chi connectivity index (χ4v) is 6.24. The van der Waals surface area contributed by atoms with Crippen LogP contribution in [0.4, 0.5) is 11.6 Å². The molecule has 2 aromatic carbocycles. The maximum Gasteiger partial charge on any atom is 0.271 e. The number of nitrogens with one attached hydrogen (secondary N) is 1. The molecule has 38 heavy (non-hydrogen) atoms. The topological polar surface area (TPSA) is 122 Å². The maximum atomic E-state index is 13.8. The highest BCUT2D eigenvalue weighted by atomic mass is 32.2.